The minimum atomic E-state index is -1.09. The zero-order chi connectivity index (χ0) is 13.1. The summed E-state index contributed by atoms with van der Waals surface area (Å²) < 4.78 is 10.00. The normalized spacial score (nSPS) is 15.6. The molecule has 1 aliphatic rings. The Labute approximate surface area is 104 Å². The number of hydrogen-bond acceptors (Lipinski definition) is 4. The van der Waals surface area contributed by atoms with E-state index in [1.165, 1.54) is 18.1 Å². The lowest BCUT2D eigenvalue weighted by Crippen LogP contribution is -2.42. The van der Waals surface area contributed by atoms with Crippen LogP contribution in [0.4, 0.5) is 5.69 Å². The molecule has 0 atom stereocenters. The lowest BCUT2D eigenvalue weighted by Gasteiger charge is -2.28. The first-order chi connectivity index (χ1) is 8.63. The molecule has 1 aromatic carbocycles. The van der Waals surface area contributed by atoms with Crippen LogP contribution in [-0.2, 0) is 9.53 Å². The number of carbonyl (C=O) groups excluding carboxylic acids is 1. The van der Waals surface area contributed by atoms with Crippen LogP contribution >= 0.6 is 0 Å². The van der Waals surface area contributed by atoms with Gasteiger partial charge < -0.3 is 19.5 Å². The van der Waals surface area contributed by atoms with Crippen LogP contribution in [0, 0.1) is 0 Å². The van der Waals surface area contributed by atoms with E-state index in [4.69, 9.17) is 9.47 Å². The van der Waals surface area contributed by atoms with E-state index in [2.05, 4.69) is 0 Å². The summed E-state index contributed by atoms with van der Waals surface area (Å²) in [6.07, 6.45) is 0. The van der Waals surface area contributed by atoms with Crippen molar-refractivity contribution in [1.29, 1.82) is 0 Å². The highest BCUT2D eigenvalue weighted by atomic mass is 16.5. The highest BCUT2D eigenvalue weighted by molar-refractivity contribution is 6.02. The van der Waals surface area contributed by atoms with Gasteiger partial charge in [0.15, 0.2) is 0 Å². The number of carboxylic acid groups (broad SMARTS) is 1. The molecule has 1 aliphatic heterocycles. The Morgan fingerprint density at radius 2 is 2.28 bits per heavy atom. The molecule has 1 saturated heterocycles. The van der Waals surface area contributed by atoms with Crippen LogP contribution in [0.15, 0.2) is 18.2 Å². The molecule has 0 spiro atoms. The molecule has 0 bridgehead atoms. The summed E-state index contributed by atoms with van der Waals surface area (Å²) in [4.78, 5) is 24.3. The first-order valence-corrected chi connectivity index (χ1v) is 5.43. The SMILES string of the molecule is COc1ccc(N2CCOCC2=O)c(C(=O)O)c1. The van der Waals surface area contributed by atoms with E-state index in [9.17, 15) is 14.7 Å². The van der Waals surface area contributed by atoms with Crippen molar-refractivity contribution in [2.75, 3.05) is 31.8 Å². The summed E-state index contributed by atoms with van der Waals surface area (Å²) in [6.45, 7) is 0.730. The Bertz CT molecular complexity index is 485. The Hall–Kier alpha value is -2.08. The number of amides is 1. The summed E-state index contributed by atoms with van der Waals surface area (Å²) >= 11 is 0. The molecule has 1 amide bonds. The van der Waals surface area contributed by atoms with Gasteiger partial charge in [-0.3, -0.25) is 4.79 Å². The number of ether oxygens (including phenoxy) is 2. The van der Waals surface area contributed by atoms with E-state index in [1.54, 1.807) is 12.1 Å². The van der Waals surface area contributed by atoms with Gasteiger partial charge >= 0.3 is 5.97 Å². The van der Waals surface area contributed by atoms with E-state index in [1.807, 2.05) is 0 Å². The Morgan fingerprint density at radius 3 is 2.89 bits per heavy atom. The van der Waals surface area contributed by atoms with Crippen molar-refractivity contribution in [3.05, 3.63) is 23.8 Å². The monoisotopic (exact) mass is 251 g/mol. The van der Waals surface area contributed by atoms with E-state index in [0.717, 1.165) is 0 Å². The van der Waals surface area contributed by atoms with Gasteiger partial charge in [0.05, 0.1) is 25.0 Å². The Balaban J connectivity index is 2.42. The zero-order valence-corrected chi connectivity index (χ0v) is 9.88. The third-order valence-corrected chi connectivity index (χ3v) is 2.71. The average Bonchev–Trinajstić information content (AvgIpc) is 2.38. The number of carbonyl (C=O) groups is 2. The largest absolute Gasteiger partial charge is 0.497 e. The summed E-state index contributed by atoms with van der Waals surface area (Å²) in [5, 5.41) is 9.18. The van der Waals surface area contributed by atoms with Gasteiger partial charge in [-0.05, 0) is 18.2 Å². The van der Waals surface area contributed by atoms with Gasteiger partial charge in [0.2, 0.25) is 0 Å². The predicted octanol–water partition coefficient (Wildman–Crippen LogP) is 0.757. The van der Waals surface area contributed by atoms with Crippen LogP contribution in [0.5, 0.6) is 5.75 Å². The number of carboxylic acids is 1. The smallest absolute Gasteiger partial charge is 0.337 e. The standard InChI is InChI=1S/C12H13NO5/c1-17-8-2-3-10(9(6-8)12(15)16)13-4-5-18-7-11(13)14/h2-3,6H,4-5,7H2,1H3,(H,15,16). The quantitative estimate of drug-likeness (QED) is 0.858. The van der Waals surface area contributed by atoms with Gasteiger partial charge in [-0.2, -0.15) is 0 Å². The van der Waals surface area contributed by atoms with Crippen molar-refractivity contribution in [2.24, 2.45) is 0 Å². The van der Waals surface area contributed by atoms with Crippen molar-refractivity contribution in [3.8, 4) is 5.75 Å². The molecule has 6 heteroatoms. The second kappa shape index (κ2) is 5.05. The maximum absolute atomic E-state index is 11.7. The van der Waals surface area contributed by atoms with Crippen molar-refractivity contribution < 1.29 is 24.2 Å². The minimum absolute atomic E-state index is 0.0227. The molecule has 0 aliphatic carbocycles. The fourth-order valence-electron chi connectivity index (χ4n) is 1.82. The van der Waals surface area contributed by atoms with Crippen molar-refractivity contribution in [2.45, 2.75) is 0 Å². The summed E-state index contributed by atoms with van der Waals surface area (Å²) in [6, 6.07) is 4.61. The first-order valence-electron chi connectivity index (χ1n) is 5.43. The molecule has 96 valence electrons. The van der Waals surface area contributed by atoms with Crippen molar-refractivity contribution >= 4 is 17.6 Å². The molecule has 2 rings (SSSR count). The summed E-state index contributed by atoms with van der Waals surface area (Å²) in [7, 11) is 1.46. The molecule has 1 fully saturated rings. The van der Waals surface area contributed by atoms with Gasteiger partial charge in [0.1, 0.15) is 12.4 Å². The number of methoxy groups -OCH3 is 1. The van der Waals surface area contributed by atoms with Crippen LogP contribution in [-0.4, -0.2) is 43.9 Å². The number of anilines is 1. The first kappa shape index (κ1) is 12.4. The van der Waals surface area contributed by atoms with E-state index in [-0.39, 0.29) is 18.1 Å². The van der Waals surface area contributed by atoms with Crippen molar-refractivity contribution in [1.82, 2.24) is 0 Å². The zero-order valence-electron chi connectivity index (χ0n) is 9.88. The highest BCUT2D eigenvalue weighted by Crippen LogP contribution is 2.26. The van der Waals surface area contributed by atoms with Gasteiger partial charge in [0, 0.05) is 6.54 Å². The third kappa shape index (κ3) is 2.28. The number of nitrogens with zero attached hydrogens (tertiary/aromatic N) is 1. The summed E-state index contributed by atoms with van der Waals surface area (Å²) in [5.74, 6) is -0.894. The molecular formula is C12H13NO5. The fraction of sp³-hybridized carbons (Fsp3) is 0.333. The highest BCUT2D eigenvalue weighted by Gasteiger charge is 2.24. The van der Waals surface area contributed by atoms with Crippen LogP contribution in [0.3, 0.4) is 0 Å². The van der Waals surface area contributed by atoms with Gasteiger partial charge in [0.25, 0.3) is 5.91 Å². The number of morpholine rings is 1. The number of rotatable bonds is 3. The van der Waals surface area contributed by atoms with Crippen molar-refractivity contribution in [3.63, 3.8) is 0 Å². The topological polar surface area (TPSA) is 76.1 Å². The molecule has 0 radical (unpaired) electrons. The molecule has 1 aromatic rings. The lowest BCUT2D eigenvalue weighted by atomic mass is 10.1. The maximum Gasteiger partial charge on any atom is 0.337 e. The number of benzene rings is 1. The molecule has 0 saturated carbocycles. The Morgan fingerprint density at radius 1 is 1.50 bits per heavy atom. The minimum Gasteiger partial charge on any atom is -0.497 e. The van der Waals surface area contributed by atoms with Gasteiger partial charge in [-0.15, -0.1) is 0 Å². The van der Waals surface area contributed by atoms with E-state index in [0.29, 0.717) is 24.6 Å². The van der Waals surface area contributed by atoms with Crippen LogP contribution < -0.4 is 9.64 Å². The molecule has 18 heavy (non-hydrogen) atoms. The van der Waals surface area contributed by atoms with Crippen LogP contribution in [0.1, 0.15) is 10.4 Å². The lowest BCUT2D eigenvalue weighted by molar-refractivity contribution is -0.125. The second-order valence-electron chi connectivity index (χ2n) is 3.79. The van der Waals surface area contributed by atoms with Crippen LogP contribution in [0.2, 0.25) is 0 Å². The third-order valence-electron chi connectivity index (χ3n) is 2.71. The molecular weight excluding hydrogens is 238 g/mol. The molecule has 1 N–H and O–H groups in total. The van der Waals surface area contributed by atoms with Gasteiger partial charge in [-0.1, -0.05) is 0 Å². The predicted molar refractivity (Wildman–Crippen MR) is 63.1 cm³/mol. The average molecular weight is 251 g/mol. The van der Waals surface area contributed by atoms with Crippen LogP contribution in [0.25, 0.3) is 0 Å². The number of aromatic carboxylic acids is 1. The maximum atomic E-state index is 11.7. The molecule has 1 heterocycles. The van der Waals surface area contributed by atoms with E-state index >= 15 is 0 Å². The Kier molecular flexibility index (Phi) is 3.47. The second-order valence-corrected chi connectivity index (χ2v) is 3.79. The van der Waals surface area contributed by atoms with E-state index < -0.39 is 5.97 Å². The fourth-order valence-corrected chi connectivity index (χ4v) is 1.82. The van der Waals surface area contributed by atoms with Gasteiger partial charge in [-0.25, -0.2) is 4.79 Å². The molecule has 0 aromatic heterocycles. The summed E-state index contributed by atoms with van der Waals surface area (Å²) in [5.41, 5.74) is 0.418. The molecule has 0 unspecified atom stereocenters. The molecule has 6 nitrogen and oxygen atoms in total. The number of hydrogen-bond donors (Lipinski definition) is 1.